The number of hydrogen-bond donors (Lipinski definition) is 0. The van der Waals surface area contributed by atoms with Crippen LogP contribution in [0.4, 0.5) is 0 Å². The molecule has 0 saturated carbocycles. The number of carbonyl (C=O) groups is 2. The van der Waals surface area contributed by atoms with Gasteiger partial charge in [-0.25, -0.2) is 4.79 Å². The van der Waals surface area contributed by atoms with Crippen molar-refractivity contribution >= 4 is 17.5 Å². The molecule has 0 bridgehead atoms. The van der Waals surface area contributed by atoms with Crippen LogP contribution in [0.25, 0.3) is 5.57 Å². The Morgan fingerprint density at radius 2 is 1.22 bits per heavy atom. The summed E-state index contributed by atoms with van der Waals surface area (Å²) in [5.41, 5.74) is 3.49. The maximum atomic E-state index is 12.5. The summed E-state index contributed by atoms with van der Waals surface area (Å²) < 4.78 is 25.1. The van der Waals surface area contributed by atoms with Gasteiger partial charge in [-0.3, -0.25) is 4.79 Å². The highest BCUT2D eigenvalue weighted by molar-refractivity contribution is 5.86. The Hall–Kier alpha value is -3.26. The van der Waals surface area contributed by atoms with E-state index >= 15 is 0 Å². The Labute approximate surface area is 300 Å². The minimum atomic E-state index is -0.464. The lowest BCUT2D eigenvalue weighted by Crippen LogP contribution is -2.36. The first-order valence-corrected chi connectivity index (χ1v) is 15.9. The Morgan fingerprint density at radius 1 is 0.776 bits per heavy atom. The van der Waals surface area contributed by atoms with Gasteiger partial charge < -0.3 is 23.7 Å². The molecule has 7 heteroatoms. The average molecular weight is 687 g/mol. The van der Waals surface area contributed by atoms with Gasteiger partial charge in [0, 0.05) is 18.8 Å². The van der Waals surface area contributed by atoms with Crippen LogP contribution in [-0.2, 0) is 38.7 Å². The van der Waals surface area contributed by atoms with Crippen LogP contribution in [-0.4, -0.2) is 63.8 Å². The van der Waals surface area contributed by atoms with Crippen molar-refractivity contribution in [2.75, 3.05) is 39.6 Å². The summed E-state index contributed by atoms with van der Waals surface area (Å²) >= 11 is 0. The third kappa shape index (κ3) is 20.8. The van der Waals surface area contributed by atoms with E-state index in [9.17, 15) is 9.59 Å². The number of epoxide rings is 2. The molecule has 0 N–H and O–H groups in total. The molecule has 0 spiro atoms. The fraction of sp³-hybridized carbons (Fsp3) is 0.571. The second-order valence-electron chi connectivity index (χ2n) is 12.7. The van der Waals surface area contributed by atoms with E-state index in [-0.39, 0.29) is 59.3 Å². The van der Waals surface area contributed by atoms with Crippen molar-refractivity contribution in [1.29, 1.82) is 0 Å². The summed E-state index contributed by atoms with van der Waals surface area (Å²) in [6.07, 6.45) is 4.36. The van der Waals surface area contributed by atoms with Crippen molar-refractivity contribution in [2.24, 2.45) is 5.41 Å². The summed E-state index contributed by atoms with van der Waals surface area (Å²) in [5, 5.41) is 0. The lowest BCUT2D eigenvalue weighted by atomic mass is 9.69. The molecule has 3 unspecified atom stereocenters. The standard InChI is InChI=1S/C18H26O3.C9H10.C7H10O3.C4H8O.4CH4/c1-5-18(4,16(19)21-12-15-11-20-15)13-17(2,3)14-9-7-6-8-10-14;1-8(2)9-6-4-3-5-7-9;1-5(2)7(8)10-4-6-3-9-6;1-2-4-5-3-1;;;;/h6-10,15H,5,11-13H2,1-4H3;3-7H,1H2,2H3;6H,1,3-4H2,2H3;1-4H2;4*1H4. The van der Waals surface area contributed by atoms with E-state index in [0.717, 1.165) is 31.6 Å². The van der Waals surface area contributed by atoms with E-state index in [1.54, 1.807) is 6.92 Å². The predicted molar refractivity (Wildman–Crippen MR) is 207 cm³/mol. The van der Waals surface area contributed by atoms with Crippen molar-refractivity contribution in [2.45, 2.75) is 115 Å². The number of rotatable bonds is 11. The van der Waals surface area contributed by atoms with Crippen LogP contribution in [0.15, 0.2) is 79.4 Å². The Kier molecular flexibility index (Phi) is 26.3. The smallest absolute Gasteiger partial charge is 0.333 e. The lowest BCUT2D eigenvalue weighted by molar-refractivity contribution is -0.157. The van der Waals surface area contributed by atoms with Crippen molar-refractivity contribution in [3.8, 4) is 0 Å². The van der Waals surface area contributed by atoms with Crippen LogP contribution in [0.1, 0.15) is 108 Å². The lowest BCUT2D eigenvalue weighted by Gasteiger charge is -2.35. The predicted octanol–water partition coefficient (Wildman–Crippen LogP) is 10.3. The number of benzene rings is 2. The molecule has 280 valence electrons. The van der Waals surface area contributed by atoms with Gasteiger partial charge in [-0.1, -0.05) is 130 Å². The fourth-order valence-corrected chi connectivity index (χ4v) is 4.50. The SMILES string of the molecule is C.C.C.C.C1CCOC1.C=C(C)C(=O)OCC1CO1.C=C(C)c1ccccc1.CCC(C)(CC(C)(C)c1ccccc1)C(=O)OCC1CO1. The number of ether oxygens (including phenoxy) is 5. The van der Waals surface area contributed by atoms with Crippen LogP contribution in [0, 0.1) is 5.41 Å². The normalized spacial score (nSPS) is 17.4. The number of carbonyl (C=O) groups excluding carboxylic acids is 2. The van der Waals surface area contributed by atoms with E-state index < -0.39 is 5.41 Å². The Bertz CT molecular complexity index is 1170. The highest BCUT2D eigenvalue weighted by Crippen LogP contribution is 2.39. The molecule has 3 fully saturated rings. The largest absolute Gasteiger partial charge is 0.462 e. The zero-order valence-electron chi connectivity index (χ0n) is 28.3. The summed E-state index contributed by atoms with van der Waals surface area (Å²) in [4.78, 5) is 23.2. The summed E-state index contributed by atoms with van der Waals surface area (Å²) in [5.74, 6) is -0.444. The molecule has 2 aromatic carbocycles. The molecule has 0 amide bonds. The molecule has 5 rings (SSSR count). The maximum Gasteiger partial charge on any atom is 0.333 e. The number of esters is 2. The molecule has 0 radical (unpaired) electrons. The van der Waals surface area contributed by atoms with Gasteiger partial charge in [-0.05, 0) is 63.0 Å². The van der Waals surface area contributed by atoms with E-state index in [1.807, 2.05) is 50.2 Å². The molecule has 3 aliphatic rings. The third-order valence-electron chi connectivity index (χ3n) is 7.71. The van der Waals surface area contributed by atoms with Gasteiger partial charge in [-0.2, -0.15) is 0 Å². The minimum absolute atomic E-state index is 0. The average Bonchev–Trinajstić information content (AvgIpc) is 3.98. The third-order valence-corrected chi connectivity index (χ3v) is 7.71. The van der Waals surface area contributed by atoms with Crippen molar-refractivity contribution in [3.05, 3.63) is 90.5 Å². The second-order valence-corrected chi connectivity index (χ2v) is 12.7. The number of allylic oxidation sites excluding steroid dienone is 1. The van der Waals surface area contributed by atoms with Gasteiger partial charge in [0.2, 0.25) is 0 Å². The molecule has 49 heavy (non-hydrogen) atoms. The Balaban J connectivity index is -0.000000635. The molecule has 3 aliphatic heterocycles. The van der Waals surface area contributed by atoms with Gasteiger partial charge >= 0.3 is 11.9 Å². The van der Waals surface area contributed by atoms with E-state index in [4.69, 9.17) is 23.7 Å². The van der Waals surface area contributed by atoms with E-state index in [1.165, 1.54) is 24.0 Å². The zero-order valence-corrected chi connectivity index (χ0v) is 28.3. The topological polar surface area (TPSA) is 86.9 Å². The van der Waals surface area contributed by atoms with E-state index in [0.29, 0.717) is 32.0 Å². The van der Waals surface area contributed by atoms with Crippen molar-refractivity contribution in [3.63, 3.8) is 0 Å². The van der Waals surface area contributed by atoms with Gasteiger partial charge in [0.05, 0.1) is 18.6 Å². The highest BCUT2D eigenvalue weighted by Gasteiger charge is 2.40. The van der Waals surface area contributed by atoms with Gasteiger partial charge in [0.1, 0.15) is 25.4 Å². The first-order valence-electron chi connectivity index (χ1n) is 15.9. The van der Waals surface area contributed by atoms with E-state index in [2.05, 4.69) is 58.2 Å². The molecule has 3 heterocycles. The van der Waals surface area contributed by atoms with Crippen molar-refractivity contribution in [1.82, 2.24) is 0 Å². The second kappa shape index (κ2) is 25.7. The molecule has 0 aromatic heterocycles. The number of hydrogen-bond acceptors (Lipinski definition) is 7. The first kappa shape index (κ1) is 50.1. The van der Waals surface area contributed by atoms with Crippen LogP contribution >= 0.6 is 0 Å². The molecular weight excluding hydrogens is 616 g/mol. The Morgan fingerprint density at radius 3 is 1.57 bits per heavy atom. The van der Waals surface area contributed by atoms with Gasteiger partial charge in [0.15, 0.2) is 0 Å². The molecule has 3 saturated heterocycles. The van der Waals surface area contributed by atoms with Crippen molar-refractivity contribution < 1.29 is 33.3 Å². The van der Waals surface area contributed by atoms with Gasteiger partial charge in [-0.15, -0.1) is 0 Å². The van der Waals surface area contributed by atoms with Gasteiger partial charge in [0.25, 0.3) is 0 Å². The molecule has 7 nitrogen and oxygen atoms in total. The monoisotopic (exact) mass is 687 g/mol. The van der Waals surface area contributed by atoms with Crippen LogP contribution in [0.5, 0.6) is 0 Å². The highest BCUT2D eigenvalue weighted by atomic mass is 16.6. The quantitative estimate of drug-likeness (QED) is 0.132. The van der Waals surface area contributed by atoms with Crippen LogP contribution in [0.2, 0.25) is 0 Å². The maximum absolute atomic E-state index is 12.5. The fourth-order valence-electron chi connectivity index (χ4n) is 4.50. The first-order chi connectivity index (χ1) is 21.4. The summed E-state index contributed by atoms with van der Waals surface area (Å²) in [6.45, 7) is 23.5. The molecule has 0 aliphatic carbocycles. The minimum Gasteiger partial charge on any atom is -0.462 e. The van der Waals surface area contributed by atoms with Crippen LogP contribution < -0.4 is 0 Å². The zero-order chi connectivity index (χ0) is 33.3. The summed E-state index contributed by atoms with van der Waals surface area (Å²) in [7, 11) is 0. The molecule has 3 atom stereocenters. The summed E-state index contributed by atoms with van der Waals surface area (Å²) in [6, 6.07) is 20.5. The molecule has 2 aromatic rings. The van der Waals surface area contributed by atoms with Crippen LogP contribution in [0.3, 0.4) is 0 Å². The molecular formula is C42H70O7.